The van der Waals surface area contributed by atoms with Crippen LogP contribution >= 0.6 is 11.8 Å². The van der Waals surface area contributed by atoms with E-state index in [9.17, 15) is 0 Å². The van der Waals surface area contributed by atoms with Gasteiger partial charge in [0.1, 0.15) is 11.8 Å². The second-order valence-electron chi connectivity index (χ2n) is 4.88. The fraction of sp³-hybridized carbons (Fsp3) is 0.533. The molecule has 0 radical (unpaired) electrons. The molecule has 2 atom stereocenters. The second-order valence-corrected chi connectivity index (χ2v) is 6.03. The molecule has 0 bridgehead atoms. The van der Waals surface area contributed by atoms with Gasteiger partial charge in [-0.2, -0.15) is 17.0 Å². The zero-order valence-corrected chi connectivity index (χ0v) is 12.1. The van der Waals surface area contributed by atoms with Crippen molar-refractivity contribution in [1.82, 2.24) is 5.32 Å². The Labute approximate surface area is 119 Å². The van der Waals surface area contributed by atoms with Crippen LogP contribution in [0.1, 0.15) is 24.9 Å². The van der Waals surface area contributed by atoms with Crippen LogP contribution in [0.4, 0.5) is 0 Å². The monoisotopic (exact) mass is 276 g/mol. The number of benzene rings is 1. The van der Waals surface area contributed by atoms with Crippen LogP contribution in [0.25, 0.3) is 0 Å². The quantitative estimate of drug-likeness (QED) is 0.867. The van der Waals surface area contributed by atoms with Gasteiger partial charge in [-0.25, -0.2) is 0 Å². The smallest absolute Gasteiger partial charge is 0.174 e. The molecule has 19 heavy (non-hydrogen) atoms. The fourth-order valence-electron chi connectivity index (χ4n) is 2.17. The van der Waals surface area contributed by atoms with Crippen LogP contribution in [0, 0.1) is 17.2 Å². The topological polar surface area (TPSA) is 45.0 Å². The lowest BCUT2D eigenvalue weighted by atomic mass is 10.1. The highest BCUT2D eigenvalue weighted by Gasteiger charge is 2.16. The SMILES string of the molecule is CC(NCC1CCSC1)c1ccc(OCC#N)cc1. The van der Waals surface area contributed by atoms with Gasteiger partial charge >= 0.3 is 0 Å². The van der Waals surface area contributed by atoms with E-state index in [1.807, 2.05) is 18.2 Å². The van der Waals surface area contributed by atoms with Crippen molar-refractivity contribution in [2.24, 2.45) is 5.92 Å². The average Bonchev–Trinajstić information content (AvgIpc) is 2.96. The van der Waals surface area contributed by atoms with Crippen molar-refractivity contribution < 1.29 is 4.74 Å². The first-order valence-electron chi connectivity index (χ1n) is 6.70. The number of hydrogen-bond acceptors (Lipinski definition) is 4. The van der Waals surface area contributed by atoms with Gasteiger partial charge in [-0.05, 0) is 55.0 Å². The van der Waals surface area contributed by atoms with E-state index >= 15 is 0 Å². The lowest BCUT2D eigenvalue weighted by Gasteiger charge is -2.17. The lowest BCUT2D eigenvalue weighted by molar-refractivity contribution is 0.368. The molecule has 1 N–H and O–H groups in total. The van der Waals surface area contributed by atoms with Crippen LogP contribution in [0.5, 0.6) is 5.75 Å². The zero-order chi connectivity index (χ0) is 13.5. The van der Waals surface area contributed by atoms with E-state index in [1.54, 1.807) is 0 Å². The Morgan fingerprint density at radius 3 is 2.89 bits per heavy atom. The highest BCUT2D eigenvalue weighted by Crippen LogP contribution is 2.24. The molecule has 1 aromatic carbocycles. The number of rotatable bonds is 6. The minimum absolute atomic E-state index is 0.104. The largest absolute Gasteiger partial charge is 0.479 e. The number of hydrogen-bond donors (Lipinski definition) is 1. The standard InChI is InChI=1S/C15H20N2OS/c1-12(17-10-13-6-9-19-11-13)14-2-4-15(5-3-14)18-8-7-16/h2-5,12-13,17H,6,8-11H2,1H3. The van der Waals surface area contributed by atoms with E-state index in [0.717, 1.165) is 18.2 Å². The Morgan fingerprint density at radius 2 is 2.26 bits per heavy atom. The van der Waals surface area contributed by atoms with Crippen molar-refractivity contribution in [3.05, 3.63) is 29.8 Å². The maximum absolute atomic E-state index is 8.46. The predicted molar refractivity (Wildman–Crippen MR) is 79.4 cm³/mol. The molecule has 1 aromatic rings. The van der Waals surface area contributed by atoms with Gasteiger partial charge < -0.3 is 10.1 Å². The van der Waals surface area contributed by atoms with Crippen LogP contribution < -0.4 is 10.1 Å². The van der Waals surface area contributed by atoms with Crippen LogP contribution in [0.2, 0.25) is 0 Å². The Kier molecular flexibility index (Phi) is 5.56. The summed E-state index contributed by atoms with van der Waals surface area (Å²) >= 11 is 2.06. The first-order chi connectivity index (χ1) is 9.29. The third-order valence-corrected chi connectivity index (χ3v) is 4.65. The number of nitrogens with zero attached hydrogens (tertiary/aromatic N) is 1. The summed E-state index contributed by atoms with van der Waals surface area (Å²) in [6, 6.07) is 10.3. The first-order valence-corrected chi connectivity index (χ1v) is 7.86. The summed E-state index contributed by atoms with van der Waals surface area (Å²) < 4.78 is 5.25. The van der Waals surface area contributed by atoms with Crippen molar-refractivity contribution in [2.45, 2.75) is 19.4 Å². The van der Waals surface area contributed by atoms with Crippen molar-refractivity contribution in [3.63, 3.8) is 0 Å². The van der Waals surface area contributed by atoms with Gasteiger partial charge in [0, 0.05) is 6.04 Å². The van der Waals surface area contributed by atoms with E-state index in [1.165, 1.54) is 23.5 Å². The number of nitriles is 1. The summed E-state index contributed by atoms with van der Waals surface area (Å²) in [5, 5.41) is 12.1. The van der Waals surface area contributed by atoms with Gasteiger partial charge in [-0.15, -0.1) is 0 Å². The Hall–Kier alpha value is -1.18. The van der Waals surface area contributed by atoms with Crippen molar-refractivity contribution >= 4 is 11.8 Å². The minimum atomic E-state index is 0.104. The molecule has 0 spiro atoms. The molecule has 0 saturated carbocycles. The van der Waals surface area contributed by atoms with Crippen LogP contribution in [0.3, 0.4) is 0 Å². The van der Waals surface area contributed by atoms with Gasteiger partial charge in [0.15, 0.2) is 6.61 Å². The van der Waals surface area contributed by atoms with E-state index < -0.39 is 0 Å². The third-order valence-electron chi connectivity index (χ3n) is 3.42. The highest BCUT2D eigenvalue weighted by molar-refractivity contribution is 7.99. The first kappa shape index (κ1) is 14.2. The number of ether oxygens (including phenoxy) is 1. The van der Waals surface area contributed by atoms with Gasteiger partial charge in [0.05, 0.1) is 0 Å². The number of nitrogens with one attached hydrogen (secondary N) is 1. The van der Waals surface area contributed by atoms with Gasteiger partial charge in [-0.3, -0.25) is 0 Å². The molecule has 1 heterocycles. The predicted octanol–water partition coefficient (Wildman–Crippen LogP) is 2.99. The Balaban J connectivity index is 1.81. The summed E-state index contributed by atoms with van der Waals surface area (Å²) in [5.41, 5.74) is 1.26. The van der Waals surface area contributed by atoms with Crippen molar-refractivity contribution in [2.75, 3.05) is 24.7 Å². The van der Waals surface area contributed by atoms with Gasteiger partial charge in [0.25, 0.3) is 0 Å². The van der Waals surface area contributed by atoms with E-state index in [0.29, 0.717) is 6.04 Å². The average molecular weight is 276 g/mol. The molecule has 2 rings (SSSR count). The highest BCUT2D eigenvalue weighted by atomic mass is 32.2. The van der Waals surface area contributed by atoms with Crippen molar-refractivity contribution in [3.8, 4) is 11.8 Å². The molecule has 1 saturated heterocycles. The summed E-state index contributed by atoms with van der Waals surface area (Å²) in [6.45, 7) is 3.39. The summed E-state index contributed by atoms with van der Waals surface area (Å²) in [7, 11) is 0. The molecule has 1 aliphatic heterocycles. The summed E-state index contributed by atoms with van der Waals surface area (Å²) in [6.07, 6.45) is 1.34. The Morgan fingerprint density at radius 1 is 1.47 bits per heavy atom. The van der Waals surface area contributed by atoms with E-state index in [4.69, 9.17) is 10.00 Å². The molecule has 0 aliphatic carbocycles. The molecular formula is C15H20N2OS. The van der Waals surface area contributed by atoms with Gasteiger partial charge in [-0.1, -0.05) is 12.1 Å². The summed E-state index contributed by atoms with van der Waals surface area (Å²) in [4.78, 5) is 0. The maximum Gasteiger partial charge on any atom is 0.174 e. The fourth-order valence-corrected chi connectivity index (χ4v) is 3.46. The van der Waals surface area contributed by atoms with Crippen LogP contribution in [-0.2, 0) is 0 Å². The lowest BCUT2D eigenvalue weighted by Crippen LogP contribution is -2.25. The van der Waals surface area contributed by atoms with E-state index in [-0.39, 0.29) is 6.61 Å². The third kappa shape index (κ3) is 4.45. The molecule has 102 valence electrons. The van der Waals surface area contributed by atoms with Crippen LogP contribution in [-0.4, -0.2) is 24.7 Å². The van der Waals surface area contributed by atoms with Crippen molar-refractivity contribution in [1.29, 1.82) is 5.26 Å². The summed E-state index contributed by atoms with van der Waals surface area (Å²) in [5.74, 6) is 4.18. The Bertz CT molecular complexity index is 421. The molecule has 0 aromatic heterocycles. The minimum Gasteiger partial charge on any atom is -0.479 e. The molecular weight excluding hydrogens is 256 g/mol. The normalized spacial score (nSPS) is 19.9. The zero-order valence-electron chi connectivity index (χ0n) is 11.3. The molecule has 1 aliphatic rings. The molecule has 0 amide bonds. The molecule has 4 heteroatoms. The van der Waals surface area contributed by atoms with Crippen LogP contribution in [0.15, 0.2) is 24.3 Å². The number of thioether (sulfide) groups is 1. The molecule has 3 nitrogen and oxygen atoms in total. The molecule has 2 unspecified atom stereocenters. The second kappa shape index (κ2) is 7.42. The van der Waals surface area contributed by atoms with Gasteiger partial charge in [0.2, 0.25) is 0 Å². The maximum atomic E-state index is 8.46. The molecule has 1 fully saturated rings. The van der Waals surface area contributed by atoms with E-state index in [2.05, 4.69) is 36.1 Å².